The van der Waals surface area contributed by atoms with Gasteiger partial charge in [-0.05, 0) is 61.0 Å². The molecule has 1 atom stereocenters. The first-order valence-corrected chi connectivity index (χ1v) is 13.2. The summed E-state index contributed by atoms with van der Waals surface area (Å²) < 4.78 is 47.2. The fourth-order valence-corrected chi connectivity index (χ4v) is 5.40. The van der Waals surface area contributed by atoms with Crippen LogP contribution >= 0.6 is 0 Å². The fourth-order valence-electron chi connectivity index (χ4n) is 5.40. The highest BCUT2D eigenvalue weighted by atomic mass is 19.4. The van der Waals surface area contributed by atoms with Crippen LogP contribution in [0.2, 0.25) is 0 Å². The molecular weight excluding hydrogens is 561 g/mol. The second-order valence-electron chi connectivity index (χ2n) is 10.2. The van der Waals surface area contributed by atoms with Gasteiger partial charge in [-0.15, -0.1) is 5.10 Å². The zero-order valence-electron chi connectivity index (χ0n) is 23.5. The van der Waals surface area contributed by atoms with Gasteiger partial charge in [-0.1, -0.05) is 42.5 Å². The molecule has 0 fully saturated rings. The number of halogens is 3. The first-order chi connectivity index (χ1) is 20.5. The van der Waals surface area contributed by atoms with E-state index in [1.165, 1.54) is 28.7 Å². The van der Waals surface area contributed by atoms with Crippen molar-refractivity contribution in [3.63, 3.8) is 0 Å². The summed E-state index contributed by atoms with van der Waals surface area (Å²) in [5.41, 5.74) is 1.39. The Hall–Kier alpha value is -5.15. The Bertz CT molecular complexity index is 1800. The van der Waals surface area contributed by atoms with Crippen LogP contribution in [-0.4, -0.2) is 39.8 Å². The molecule has 1 aromatic heterocycles. The third kappa shape index (κ3) is 5.67. The summed E-state index contributed by atoms with van der Waals surface area (Å²) in [6, 6.07) is 20.4. The Morgan fingerprint density at radius 3 is 2.51 bits per heavy atom. The topological polar surface area (TPSA) is 107 Å². The van der Waals surface area contributed by atoms with Crippen molar-refractivity contribution in [3.8, 4) is 6.07 Å². The van der Waals surface area contributed by atoms with Gasteiger partial charge in [-0.2, -0.15) is 18.4 Å². The molecule has 220 valence electrons. The maximum absolute atomic E-state index is 13.6. The van der Waals surface area contributed by atoms with Gasteiger partial charge in [0.25, 0.3) is 0 Å². The van der Waals surface area contributed by atoms with E-state index in [1.54, 1.807) is 25.1 Å². The molecule has 12 heteroatoms. The van der Waals surface area contributed by atoms with Crippen LogP contribution in [-0.2, 0) is 28.8 Å². The summed E-state index contributed by atoms with van der Waals surface area (Å²) in [6.07, 6.45) is -4.62. The van der Waals surface area contributed by atoms with E-state index in [2.05, 4.69) is 16.3 Å². The van der Waals surface area contributed by atoms with Crippen molar-refractivity contribution in [2.45, 2.75) is 32.2 Å². The summed E-state index contributed by atoms with van der Waals surface area (Å²) in [6.45, 7) is 2.50. The predicted octanol–water partition coefficient (Wildman–Crippen LogP) is 5.28. The maximum Gasteiger partial charge on any atom is 0.416 e. The number of aromatic nitrogens is 3. The van der Waals surface area contributed by atoms with Crippen molar-refractivity contribution in [2.75, 3.05) is 19.1 Å². The summed E-state index contributed by atoms with van der Waals surface area (Å²) >= 11 is 0. The predicted molar refractivity (Wildman–Crippen MR) is 152 cm³/mol. The fraction of sp³-hybridized carbons (Fsp3) is 0.226. The van der Waals surface area contributed by atoms with Gasteiger partial charge in [0.1, 0.15) is 6.04 Å². The van der Waals surface area contributed by atoms with Crippen LogP contribution < -0.4 is 10.6 Å². The lowest BCUT2D eigenvalue weighted by Crippen LogP contribution is -2.38. The minimum Gasteiger partial charge on any atom is -0.466 e. The molecule has 1 aliphatic rings. The van der Waals surface area contributed by atoms with E-state index in [0.717, 1.165) is 17.7 Å². The molecule has 2 heterocycles. The second-order valence-corrected chi connectivity index (χ2v) is 10.2. The molecule has 43 heavy (non-hydrogen) atoms. The highest BCUT2D eigenvalue weighted by molar-refractivity contribution is 5.93. The number of hydrogen-bond donors (Lipinski definition) is 1. The van der Waals surface area contributed by atoms with Gasteiger partial charge in [0.15, 0.2) is 0 Å². The van der Waals surface area contributed by atoms with Gasteiger partial charge in [0.05, 0.1) is 29.9 Å². The Morgan fingerprint density at radius 1 is 1.09 bits per heavy atom. The number of H-pyrrole nitrogens is 1. The number of hydrogen-bond acceptors (Lipinski definition) is 7. The summed E-state index contributed by atoms with van der Waals surface area (Å²) in [5, 5.41) is 16.2. The van der Waals surface area contributed by atoms with Gasteiger partial charge in [-0.25, -0.2) is 19.3 Å². The lowest BCUT2D eigenvalue weighted by Gasteiger charge is -2.36. The molecule has 0 spiro atoms. The number of carbonyl (C=O) groups is 1. The number of nitrogens with one attached hydrogen (secondary N) is 1. The molecule has 0 unspecified atom stereocenters. The van der Waals surface area contributed by atoms with Crippen LogP contribution in [0.1, 0.15) is 40.8 Å². The number of nitriles is 1. The number of ether oxygens (including phenoxy) is 1. The number of benzene rings is 3. The highest BCUT2D eigenvalue weighted by Crippen LogP contribution is 2.43. The molecule has 0 saturated heterocycles. The van der Waals surface area contributed by atoms with Gasteiger partial charge in [0.2, 0.25) is 5.95 Å². The molecule has 9 nitrogen and oxygen atoms in total. The van der Waals surface area contributed by atoms with E-state index in [-0.39, 0.29) is 22.9 Å². The number of anilines is 2. The van der Waals surface area contributed by atoms with E-state index >= 15 is 0 Å². The van der Waals surface area contributed by atoms with Crippen molar-refractivity contribution in [1.29, 1.82) is 5.26 Å². The summed E-state index contributed by atoms with van der Waals surface area (Å²) in [7, 11) is 3.10. The number of alkyl halides is 3. The van der Waals surface area contributed by atoms with Crippen molar-refractivity contribution in [2.24, 2.45) is 0 Å². The van der Waals surface area contributed by atoms with E-state index in [9.17, 15) is 28.0 Å². The maximum atomic E-state index is 13.6. The summed E-state index contributed by atoms with van der Waals surface area (Å²) in [5.74, 6) is -0.779. The van der Waals surface area contributed by atoms with Crippen molar-refractivity contribution in [1.82, 2.24) is 19.7 Å². The standard InChI is InChI=1S/C31H27F3N6O3/c1-19-26(28(41)43-3)27(25-13-12-21(16-35)14-22(25)18-38(2)17-20-8-5-4-6-9-20)40-29(36-37-30(40)42)39(19)24-11-7-10-23(15-24)31(32,33)34/h4-15,27H,17-18H2,1-3H3,(H,37,42)/t27-/m1/s1. The third-order valence-corrected chi connectivity index (χ3v) is 7.28. The second kappa shape index (κ2) is 11.6. The normalized spacial score (nSPS) is 14.9. The van der Waals surface area contributed by atoms with Crippen LogP contribution in [0.3, 0.4) is 0 Å². The number of allylic oxidation sites excluding steroid dienone is 1. The highest BCUT2D eigenvalue weighted by Gasteiger charge is 2.41. The Morgan fingerprint density at radius 2 is 1.84 bits per heavy atom. The van der Waals surface area contributed by atoms with Gasteiger partial charge in [-0.3, -0.25) is 9.80 Å². The average molecular weight is 589 g/mol. The zero-order chi connectivity index (χ0) is 30.9. The first kappa shape index (κ1) is 29.3. The van der Waals surface area contributed by atoms with E-state index < -0.39 is 29.4 Å². The van der Waals surface area contributed by atoms with E-state index in [4.69, 9.17) is 4.74 Å². The quantitative estimate of drug-likeness (QED) is 0.293. The van der Waals surface area contributed by atoms with E-state index in [1.807, 2.05) is 42.3 Å². The minimum absolute atomic E-state index is 0.00701. The number of fused-ring (bicyclic) bond motifs is 1. The molecule has 0 radical (unpaired) electrons. The zero-order valence-corrected chi connectivity index (χ0v) is 23.5. The molecule has 5 rings (SSSR count). The van der Waals surface area contributed by atoms with Gasteiger partial charge in [0, 0.05) is 24.5 Å². The van der Waals surface area contributed by atoms with Crippen molar-refractivity contribution < 1.29 is 22.7 Å². The number of methoxy groups -OCH3 is 1. The minimum atomic E-state index is -4.62. The Balaban J connectivity index is 1.69. The number of rotatable bonds is 7. The third-order valence-electron chi connectivity index (χ3n) is 7.28. The van der Waals surface area contributed by atoms with Crippen LogP contribution in [0.15, 0.2) is 88.9 Å². The lowest BCUT2D eigenvalue weighted by atomic mass is 9.89. The van der Waals surface area contributed by atoms with Crippen LogP contribution in [0.5, 0.6) is 0 Å². The molecule has 4 aromatic rings. The molecule has 1 aliphatic heterocycles. The molecule has 1 N–H and O–H groups in total. The molecule has 0 aliphatic carbocycles. The van der Waals surface area contributed by atoms with Crippen LogP contribution in [0.25, 0.3) is 0 Å². The molecule has 0 amide bonds. The average Bonchev–Trinajstić information content (AvgIpc) is 3.36. The molecule has 0 saturated carbocycles. The molecule has 0 bridgehead atoms. The van der Waals surface area contributed by atoms with E-state index in [0.29, 0.717) is 29.8 Å². The van der Waals surface area contributed by atoms with Gasteiger partial charge < -0.3 is 4.74 Å². The van der Waals surface area contributed by atoms with Crippen LogP contribution in [0, 0.1) is 11.3 Å². The first-order valence-electron chi connectivity index (χ1n) is 13.2. The lowest BCUT2D eigenvalue weighted by molar-refractivity contribution is -0.138. The molecular formula is C31H27F3N6O3. The number of carbonyl (C=O) groups excluding carboxylic acids is 1. The monoisotopic (exact) mass is 588 g/mol. The number of esters is 1. The van der Waals surface area contributed by atoms with Crippen molar-refractivity contribution >= 4 is 17.6 Å². The largest absolute Gasteiger partial charge is 0.466 e. The summed E-state index contributed by atoms with van der Waals surface area (Å²) in [4.78, 5) is 30.1. The smallest absolute Gasteiger partial charge is 0.416 e. The molecule has 3 aromatic carbocycles. The SMILES string of the molecule is COC(=O)C1=C(C)N(c2cccc(C(F)(F)F)c2)c2n[nH]c(=O)n2[C@@H]1c1ccc(C#N)cc1CN(C)Cc1ccccc1. The Labute approximate surface area is 245 Å². The number of nitrogens with zero attached hydrogens (tertiary/aromatic N) is 5. The van der Waals surface area contributed by atoms with Crippen LogP contribution in [0.4, 0.5) is 24.8 Å². The van der Waals surface area contributed by atoms with Crippen molar-refractivity contribution in [3.05, 3.63) is 122 Å². The number of aromatic amines is 1. The van der Waals surface area contributed by atoms with Gasteiger partial charge >= 0.3 is 17.8 Å². The Kier molecular flexibility index (Phi) is 7.93.